The second-order valence-electron chi connectivity index (χ2n) is 9.70. The van der Waals surface area contributed by atoms with Gasteiger partial charge in [-0.2, -0.15) is 0 Å². The van der Waals surface area contributed by atoms with Gasteiger partial charge in [-0.15, -0.1) is 0 Å². The lowest BCUT2D eigenvalue weighted by molar-refractivity contribution is -0.136. The van der Waals surface area contributed by atoms with Gasteiger partial charge in [-0.05, 0) is 61.1 Å². The van der Waals surface area contributed by atoms with Crippen molar-refractivity contribution >= 4 is 17.7 Å². The Kier molecular flexibility index (Phi) is 5.32. The van der Waals surface area contributed by atoms with Gasteiger partial charge in [0.2, 0.25) is 11.8 Å². The third-order valence-corrected chi connectivity index (χ3v) is 7.66. The summed E-state index contributed by atoms with van der Waals surface area (Å²) in [5.74, 6) is -0.0512. The zero-order chi connectivity index (χ0) is 23.2. The van der Waals surface area contributed by atoms with E-state index in [0.717, 1.165) is 50.1 Å². The van der Waals surface area contributed by atoms with Crippen LogP contribution in [0.5, 0.6) is 5.75 Å². The van der Waals surface area contributed by atoms with E-state index in [2.05, 4.69) is 21.3 Å². The van der Waals surface area contributed by atoms with E-state index in [-0.39, 0.29) is 30.2 Å². The van der Waals surface area contributed by atoms with Crippen LogP contribution in [0.1, 0.15) is 59.3 Å². The molecule has 4 heterocycles. The van der Waals surface area contributed by atoms with Gasteiger partial charge in [0.05, 0.1) is 0 Å². The number of hydrogen-bond acceptors (Lipinski definition) is 6. The molecule has 2 fully saturated rings. The minimum absolute atomic E-state index is 0.111. The van der Waals surface area contributed by atoms with Crippen molar-refractivity contribution in [3.8, 4) is 5.75 Å². The summed E-state index contributed by atoms with van der Waals surface area (Å²) >= 11 is 0. The van der Waals surface area contributed by atoms with Crippen LogP contribution in [0.25, 0.3) is 0 Å². The van der Waals surface area contributed by atoms with Crippen molar-refractivity contribution in [2.75, 3.05) is 6.54 Å². The predicted molar refractivity (Wildman–Crippen MR) is 123 cm³/mol. The molecule has 1 N–H and O–H groups in total. The Hall–Kier alpha value is -3.26. The number of rotatable bonds is 4. The van der Waals surface area contributed by atoms with E-state index in [1.165, 1.54) is 11.3 Å². The standard InChI is InChI=1S/C26H28N4O4/c31-24-9-8-22(25(32)28-24)30-15-17-13-18(6-7-19(17)26(30)33)34-23-5-1-4-21(23)29-12-10-20-16(14-29)3-2-11-27-20/h2-3,6-7,11,13,21-23H,1,4-5,8-10,12,14-15H2,(H,28,31,32)/t21-,22?,23-/m1/s1. The normalized spacial score (nSPS) is 26.9. The van der Waals surface area contributed by atoms with E-state index < -0.39 is 6.04 Å². The molecule has 1 unspecified atom stereocenters. The van der Waals surface area contributed by atoms with E-state index >= 15 is 0 Å². The largest absolute Gasteiger partial charge is 0.489 e. The summed E-state index contributed by atoms with van der Waals surface area (Å²) in [6, 6.07) is 9.58. The molecule has 3 atom stereocenters. The number of nitrogens with zero attached hydrogens (tertiary/aromatic N) is 3. The van der Waals surface area contributed by atoms with Gasteiger partial charge in [0, 0.05) is 56.0 Å². The second-order valence-corrected chi connectivity index (χ2v) is 9.70. The number of amides is 3. The van der Waals surface area contributed by atoms with Crippen LogP contribution in [0.3, 0.4) is 0 Å². The van der Waals surface area contributed by atoms with Gasteiger partial charge in [0.15, 0.2) is 0 Å². The first-order valence-corrected chi connectivity index (χ1v) is 12.2. The Morgan fingerprint density at radius 2 is 1.91 bits per heavy atom. The molecule has 1 aromatic heterocycles. The summed E-state index contributed by atoms with van der Waals surface area (Å²) in [5, 5.41) is 2.35. The first kappa shape index (κ1) is 21.3. The number of hydrogen-bond donors (Lipinski definition) is 1. The molecule has 3 aliphatic heterocycles. The number of imide groups is 1. The molecular formula is C26H28N4O4. The van der Waals surface area contributed by atoms with Gasteiger partial charge in [-0.25, -0.2) is 0 Å². The molecule has 0 bridgehead atoms. The highest BCUT2D eigenvalue weighted by atomic mass is 16.5. The highest BCUT2D eigenvalue weighted by Crippen LogP contribution is 2.34. The van der Waals surface area contributed by atoms with E-state index in [4.69, 9.17) is 4.74 Å². The molecule has 1 saturated heterocycles. The third kappa shape index (κ3) is 3.76. The number of nitrogens with one attached hydrogen (secondary N) is 1. The van der Waals surface area contributed by atoms with Gasteiger partial charge in [-0.3, -0.25) is 29.6 Å². The Bertz CT molecular complexity index is 1170. The second kappa shape index (κ2) is 8.51. The maximum absolute atomic E-state index is 12.9. The average Bonchev–Trinajstić information content (AvgIpc) is 3.43. The average molecular weight is 461 g/mol. The summed E-state index contributed by atoms with van der Waals surface area (Å²) in [7, 11) is 0. The van der Waals surface area contributed by atoms with Gasteiger partial charge in [0.25, 0.3) is 5.91 Å². The molecule has 0 radical (unpaired) electrons. The molecule has 2 aromatic rings. The number of aromatic nitrogens is 1. The van der Waals surface area contributed by atoms with Crippen molar-refractivity contribution in [3.05, 3.63) is 58.9 Å². The van der Waals surface area contributed by atoms with Gasteiger partial charge >= 0.3 is 0 Å². The lowest BCUT2D eigenvalue weighted by Crippen LogP contribution is -2.52. The summed E-state index contributed by atoms with van der Waals surface area (Å²) in [5.41, 5.74) is 4.00. The van der Waals surface area contributed by atoms with Crippen molar-refractivity contribution in [1.29, 1.82) is 0 Å². The van der Waals surface area contributed by atoms with E-state index in [0.29, 0.717) is 24.6 Å². The maximum Gasteiger partial charge on any atom is 0.255 e. The Balaban J connectivity index is 1.15. The molecule has 8 nitrogen and oxygen atoms in total. The molecule has 4 aliphatic rings. The summed E-state index contributed by atoms with van der Waals surface area (Å²) in [4.78, 5) is 45.4. The molecule has 0 spiro atoms. The minimum Gasteiger partial charge on any atom is -0.489 e. The van der Waals surface area contributed by atoms with Crippen LogP contribution in [0.4, 0.5) is 0 Å². The van der Waals surface area contributed by atoms with Crippen LogP contribution in [0.15, 0.2) is 36.5 Å². The van der Waals surface area contributed by atoms with Crippen molar-refractivity contribution in [2.45, 2.75) is 69.8 Å². The van der Waals surface area contributed by atoms with Crippen molar-refractivity contribution in [3.63, 3.8) is 0 Å². The van der Waals surface area contributed by atoms with Crippen molar-refractivity contribution in [1.82, 2.24) is 20.1 Å². The molecule has 8 heteroatoms. The first-order chi connectivity index (χ1) is 16.6. The van der Waals surface area contributed by atoms with E-state index in [9.17, 15) is 14.4 Å². The lowest BCUT2D eigenvalue weighted by atomic mass is 10.0. The maximum atomic E-state index is 12.9. The molecule has 1 saturated carbocycles. The van der Waals surface area contributed by atoms with Crippen molar-refractivity contribution < 1.29 is 19.1 Å². The van der Waals surface area contributed by atoms with Crippen LogP contribution in [0, 0.1) is 0 Å². The number of pyridine rings is 1. The number of benzene rings is 1. The predicted octanol–water partition coefficient (Wildman–Crippen LogP) is 2.20. The van der Waals surface area contributed by atoms with Crippen molar-refractivity contribution in [2.24, 2.45) is 0 Å². The zero-order valence-corrected chi connectivity index (χ0v) is 19.0. The third-order valence-electron chi connectivity index (χ3n) is 7.66. The Labute approximate surface area is 198 Å². The van der Waals surface area contributed by atoms with Crippen LogP contribution < -0.4 is 10.1 Å². The molecular weight excluding hydrogens is 432 g/mol. The summed E-state index contributed by atoms with van der Waals surface area (Å²) < 4.78 is 6.49. The zero-order valence-electron chi connectivity index (χ0n) is 19.0. The first-order valence-electron chi connectivity index (χ1n) is 12.2. The number of ether oxygens (including phenoxy) is 1. The van der Waals surface area contributed by atoms with Crippen LogP contribution in [0.2, 0.25) is 0 Å². The smallest absolute Gasteiger partial charge is 0.255 e. The quantitative estimate of drug-likeness (QED) is 0.704. The molecule has 1 aliphatic carbocycles. The highest BCUT2D eigenvalue weighted by molar-refractivity contribution is 6.05. The van der Waals surface area contributed by atoms with Gasteiger partial charge in [0.1, 0.15) is 17.9 Å². The van der Waals surface area contributed by atoms with Crippen LogP contribution >= 0.6 is 0 Å². The van der Waals surface area contributed by atoms with E-state index in [1.807, 2.05) is 30.5 Å². The monoisotopic (exact) mass is 460 g/mol. The number of fused-ring (bicyclic) bond motifs is 2. The van der Waals surface area contributed by atoms with Gasteiger partial charge in [-0.1, -0.05) is 6.07 Å². The summed E-state index contributed by atoms with van der Waals surface area (Å²) in [6.45, 7) is 2.27. The minimum atomic E-state index is -0.599. The fourth-order valence-corrected chi connectivity index (χ4v) is 5.93. The summed E-state index contributed by atoms with van der Waals surface area (Å²) in [6.07, 6.45) is 6.84. The van der Waals surface area contributed by atoms with Crippen LogP contribution in [-0.4, -0.2) is 57.2 Å². The molecule has 176 valence electrons. The number of piperidine rings is 1. The number of carbonyl (C=O) groups excluding carboxylic acids is 3. The molecule has 34 heavy (non-hydrogen) atoms. The topological polar surface area (TPSA) is 91.8 Å². The van der Waals surface area contributed by atoms with E-state index in [1.54, 1.807) is 4.90 Å². The Morgan fingerprint density at radius 1 is 1.00 bits per heavy atom. The highest BCUT2D eigenvalue weighted by Gasteiger charge is 2.40. The molecule has 1 aromatic carbocycles. The molecule has 3 amide bonds. The molecule has 6 rings (SSSR count). The van der Waals surface area contributed by atoms with Gasteiger partial charge < -0.3 is 9.64 Å². The SMILES string of the molecule is O=C1CCC(N2Cc3cc(O[C@@H]4CCC[C@H]4N4CCc5ncccc5C4)ccc3C2=O)C(=O)N1. The Morgan fingerprint density at radius 3 is 2.79 bits per heavy atom. The lowest BCUT2D eigenvalue weighted by Gasteiger charge is -2.36. The number of carbonyl (C=O) groups is 3. The fraction of sp³-hybridized carbons (Fsp3) is 0.462. The van der Waals surface area contributed by atoms with Crippen LogP contribution in [-0.2, 0) is 29.1 Å². The fourth-order valence-electron chi connectivity index (χ4n) is 5.93.